The van der Waals surface area contributed by atoms with Crippen molar-refractivity contribution in [2.45, 2.75) is 89.7 Å². The summed E-state index contributed by atoms with van der Waals surface area (Å²) in [6.45, 7) is 7.29. The number of nitrogens with zero attached hydrogens (tertiary/aromatic N) is 1. The molecule has 2 aromatic carbocycles. The summed E-state index contributed by atoms with van der Waals surface area (Å²) in [4.78, 5) is 39.1. The van der Waals surface area contributed by atoms with Gasteiger partial charge in [-0.05, 0) is 101 Å². The van der Waals surface area contributed by atoms with Crippen LogP contribution in [0.25, 0.3) is 0 Å². The molecule has 0 radical (unpaired) electrons. The minimum absolute atomic E-state index is 0.0132. The van der Waals surface area contributed by atoms with E-state index in [1.54, 1.807) is 0 Å². The number of likely N-dealkylation sites (tertiary alicyclic amines) is 1. The molecule has 1 heterocycles. The van der Waals surface area contributed by atoms with Crippen molar-refractivity contribution < 1.29 is 28.6 Å². The Balaban J connectivity index is 1.25. The minimum atomic E-state index is -0.485. The number of hydrogen-bond acceptors (Lipinski definition) is 6. The van der Waals surface area contributed by atoms with Crippen LogP contribution in [0.5, 0.6) is 5.75 Å². The number of nitrogens with one attached hydrogen (secondary N) is 1. The first-order chi connectivity index (χ1) is 20.6. The molecular weight excluding hydrogens is 544 g/mol. The number of methoxy groups -OCH3 is 1. The van der Waals surface area contributed by atoms with Gasteiger partial charge in [-0.3, -0.25) is 9.59 Å². The quantitative estimate of drug-likeness (QED) is 0.292. The van der Waals surface area contributed by atoms with E-state index in [2.05, 4.69) is 29.6 Å². The molecule has 2 amide bonds. The Morgan fingerprint density at radius 1 is 0.977 bits per heavy atom. The van der Waals surface area contributed by atoms with E-state index in [0.29, 0.717) is 38.0 Å². The SMILES string of the molecule is COC(=O)C[C@@H]1C[C@@H](COc2ccc([C@H]3CC[C@@H](CNC(=O)OC(C)(C)C)CC3)cc2)N(CCCc2ccccc2)C1=O. The molecule has 8 heteroatoms. The Hall–Kier alpha value is -3.55. The molecule has 0 aromatic heterocycles. The zero-order chi connectivity index (χ0) is 30.8. The number of esters is 1. The third-order valence-corrected chi connectivity index (χ3v) is 8.55. The summed E-state index contributed by atoms with van der Waals surface area (Å²) in [5.74, 6) is 1.05. The number of rotatable bonds is 12. The van der Waals surface area contributed by atoms with Crippen LogP contribution in [0.2, 0.25) is 0 Å². The number of ether oxygens (including phenoxy) is 3. The summed E-state index contributed by atoms with van der Waals surface area (Å²) in [5, 5.41) is 2.92. The summed E-state index contributed by atoms with van der Waals surface area (Å²) >= 11 is 0. The van der Waals surface area contributed by atoms with Gasteiger partial charge >= 0.3 is 12.1 Å². The van der Waals surface area contributed by atoms with Crippen molar-refractivity contribution in [3.8, 4) is 5.75 Å². The molecule has 0 bridgehead atoms. The fourth-order valence-corrected chi connectivity index (χ4v) is 6.25. The number of carbonyl (C=O) groups excluding carboxylic acids is 3. The smallest absolute Gasteiger partial charge is 0.407 e. The normalized spacial score (nSPS) is 22.2. The van der Waals surface area contributed by atoms with Crippen molar-refractivity contribution >= 4 is 18.0 Å². The van der Waals surface area contributed by atoms with E-state index in [4.69, 9.17) is 14.2 Å². The molecule has 1 aliphatic carbocycles. The highest BCUT2D eigenvalue weighted by molar-refractivity contribution is 5.85. The molecule has 1 N–H and O–H groups in total. The fraction of sp³-hybridized carbons (Fsp3) is 0.571. The Morgan fingerprint density at radius 3 is 2.33 bits per heavy atom. The summed E-state index contributed by atoms with van der Waals surface area (Å²) in [6, 6.07) is 18.5. The predicted molar refractivity (Wildman–Crippen MR) is 166 cm³/mol. The molecule has 2 atom stereocenters. The molecule has 2 fully saturated rings. The minimum Gasteiger partial charge on any atom is -0.491 e. The molecule has 2 aliphatic rings. The van der Waals surface area contributed by atoms with Crippen LogP contribution in [0, 0.1) is 11.8 Å². The first-order valence-electron chi connectivity index (χ1n) is 15.7. The highest BCUT2D eigenvalue weighted by Crippen LogP contribution is 2.36. The van der Waals surface area contributed by atoms with Gasteiger partial charge in [0.25, 0.3) is 0 Å². The van der Waals surface area contributed by atoms with E-state index in [-0.39, 0.29) is 36.4 Å². The number of amides is 2. The number of benzene rings is 2. The standard InChI is InChI=1S/C35H48N2O6/c1-35(2,3)43-34(40)36-23-26-12-14-27(15-13-26)28-16-18-31(19-17-28)42-24-30-21-29(22-32(38)41-4)33(39)37(30)20-8-11-25-9-6-5-7-10-25/h5-7,9-10,16-19,26-27,29-30H,8,11-15,20-24H2,1-4H3,(H,36,40)/t26-,27+,29-,30-/m0/s1. The van der Waals surface area contributed by atoms with E-state index >= 15 is 0 Å². The van der Waals surface area contributed by atoms with Gasteiger partial charge in [-0.15, -0.1) is 0 Å². The third kappa shape index (κ3) is 10.0. The van der Waals surface area contributed by atoms with Gasteiger partial charge in [-0.25, -0.2) is 4.79 Å². The molecule has 8 nitrogen and oxygen atoms in total. The van der Waals surface area contributed by atoms with Crippen LogP contribution in [0.3, 0.4) is 0 Å². The lowest BCUT2D eigenvalue weighted by Crippen LogP contribution is -2.38. The molecule has 2 aromatic rings. The molecule has 1 saturated carbocycles. The van der Waals surface area contributed by atoms with Crippen LogP contribution >= 0.6 is 0 Å². The van der Waals surface area contributed by atoms with Gasteiger partial charge in [0.15, 0.2) is 0 Å². The van der Waals surface area contributed by atoms with Crippen LogP contribution in [0.15, 0.2) is 54.6 Å². The Labute approximate surface area is 256 Å². The maximum absolute atomic E-state index is 13.2. The lowest BCUT2D eigenvalue weighted by Gasteiger charge is -2.29. The van der Waals surface area contributed by atoms with Crippen LogP contribution in [-0.2, 0) is 25.5 Å². The van der Waals surface area contributed by atoms with Crippen molar-refractivity contribution in [1.29, 1.82) is 0 Å². The molecule has 0 spiro atoms. The van der Waals surface area contributed by atoms with Gasteiger partial charge in [0.05, 0.1) is 25.5 Å². The summed E-state index contributed by atoms with van der Waals surface area (Å²) < 4.78 is 16.4. The monoisotopic (exact) mass is 592 g/mol. The molecule has 0 unspecified atom stereocenters. The van der Waals surface area contributed by atoms with Crippen molar-refractivity contribution in [3.63, 3.8) is 0 Å². The van der Waals surface area contributed by atoms with Crippen molar-refractivity contribution in [2.75, 3.05) is 26.8 Å². The largest absolute Gasteiger partial charge is 0.491 e. The summed E-state index contributed by atoms with van der Waals surface area (Å²) in [7, 11) is 1.36. The maximum atomic E-state index is 13.2. The zero-order valence-corrected chi connectivity index (χ0v) is 26.2. The predicted octanol–water partition coefficient (Wildman–Crippen LogP) is 6.28. The molecule has 1 saturated heterocycles. The zero-order valence-electron chi connectivity index (χ0n) is 26.2. The van der Waals surface area contributed by atoms with Crippen LogP contribution in [0.4, 0.5) is 4.79 Å². The highest BCUT2D eigenvalue weighted by Gasteiger charge is 2.40. The average molecular weight is 593 g/mol. The lowest BCUT2D eigenvalue weighted by atomic mass is 9.78. The van der Waals surface area contributed by atoms with E-state index < -0.39 is 5.60 Å². The van der Waals surface area contributed by atoms with Gasteiger partial charge in [0.2, 0.25) is 5.91 Å². The second kappa shape index (κ2) is 15.3. The second-order valence-corrected chi connectivity index (χ2v) is 13.0. The van der Waals surface area contributed by atoms with Crippen molar-refractivity contribution in [1.82, 2.24) is 10.2 Å². The van der Waals surface area contributed by atoms with Crippen molar-refractivity contribution in [2.24, 2.45) is 11.8 Å². The number of aryl methyl sites for hydroxylation is 1. The number of carbonyl (C=O) groups is 3. The Kier molecular flexibility index (Phi) is 11.5. The number of hydrogen-bond donors (Lipinski definition) is 1. The molecule has 4 rings (SSSR count). The van der Waals surface area contributed by atoms with Gasteiger partial charge in [0.1, 0.15) is 18.0 Å². The van der Waals surface area contributed by atoms with E-state index in [1.807, 2.05) is 56.0 Å². The summed E-state index contributed by atoms with van der Waals surface area (Å²) in [6.07, 6.45) is 6.41. The topological polar surface area (TPSA) is 94.2 Å². The molecule has 1 aliphatic heterocycles. The second-order valence-electron chi connectivity index (χ2n) is 13.0. The van der Waals surface area contributed by atoms with E-state index in [1.165, 1.54) is 18.2 Å². The van der Waals surface area contributed by atoms with Gasteiger partial charge in [0, 0.05) is 13.1 Å². The number of alkyl carbamates (subject to hydrolysis) is 1. The molecular formula is C35H48N2O6. The van der Waals surface area contributed by atoms with Crippen molar-refractivity contribution in [3.05, 3.63) is 65.7 Å². The van der Waals surface area contributed by atoms with Crippen LogP contribution < -0.4 is 10.1 Å². The van der Waals surface area contributed by atoms with Gasteiger partial charge in [-0.2, -0.15) is 0 Å². The maximum Gasteiger partial charge on any atom is 0.407 e. The van der Waals surface area contributed by atoms with E-state index in [9.17, 15) is 14.4 Å². The third-order valence-electron chi connectivity index (χ3n) is 8.55. The first-order valence-corrected chi connectivity index (χ1v) is 15.7. The molecule has 43 heavy (non-hydrogen) atoms. The Bertz CT molecular complexity index is 1190. The average Bonchev–Trinajstić information content (AvgIpc) is 3.28. The van der Waals surface area contributed by atoms with Gasteiger partial charge in [-0.1, -0.05) is 42.5 Å². The van der Waals surface area contributed by atoms with Crippen LogP contribution in [0.1, 0.15) is 82.8 Å². The lowest BCUT2D eigenvalue weighted by molar-refractivity contribution is -0.144. The van der Waals surface area contributed by atoms with Crippen LogP contribution in [-0.4, -0.2) is 61.3 Å². The molecule has 234 valence electrons. The summed E-state index contributed by atoms with van der Waals surface area (Å²) in [5.41, 5.74) is 2.07. The Morgan fingerprint density at radius 2 is 1.67 bits per heavy atom. The fourth-order valence-electron chi connectivity index (χ4n) is 6.25. The highest BCUT2D eigenvalue weighted by atomic mass is 16.6. The first kappa shape index (κ1) is 32.4. The van der Waals surface area contributed by atoms with E-state index in [0.717, 1.165) is 44.3 Å². The van der Waals surface area contributed by atoms with Gasteiger partial charge < -0.3 is 24.4 Å².